The molecule has 4 heteroatoms. The smallest absolute Gasteiger partial charge is 0.306 e. The lowest BCUT2D eigenvalue weighted by Gasteiger charge is -2.69. The Morgan fingerprint density at radius 1 is 0.818 bits per heavy atom. The van der Waals surface area contributed by atoms with Crippen LogP contribution in [0.3, 0.4) is 0 Å². The molecule has 0 aromatic carbocycles. The molecule has 1 aliphatic heterocycles. The molecule has 0 amide bonds. The van der Waals surface area contributed by atoms with Gasteiger partial charge in [-0.2, -0.15) is 0 Å². The van der Waals surface area contributed by atoms with Gasteiger partial charge in [-0.1, -0.05) is 34.6 Å². The number of rotatable bonds is 1. The van der Waals surface area contributed by atoms with Crippen LogP contribution >= 0.6 is 0 Å². The molecule has 1 aromatic rings. The number of aromatic nitrogens is 2. The van der Waals surface area contributed by atoms with Crippen LogP contribution < -0.4 is 0 Å². The van der Waals surface area contributed by atoms with Crippen molar-refractivity contribution >= 4 is 5.97 Å². The Balaban J connectivity index is 1.39. The van der Waals surface area contributed by atoms with Crippen molar-refractivity contribution in [2.45, 2.75) is 110 Å². The van der Waals surface area contributed by atoms with Crippen LogP contribution in [-0.2, 0) is 21.4 Å². The Morgan fingerprint density at radius 3 is 2.27 bits per heavy atom. The van der Waals surface area contributed by atoms with E-state index in [0.29, 0.717) is 40.9 Å². The predicted octanol–water partition coefficient (Wildman–Crippen LogP) is 6.27. The number of fused-ring (bicyclic) bond motifs is 6. The van der Waals surface area contributed by atoms with Crippen LogP contribution in [0.5, 0.6) is 0 Å². The summed E-state index contributed by atoms with van der Waals surface area (Å²) in [5.41, 5.74) is 3.21. The van der Waals surface area contributed by atoms with Crippen LogP contribution in [-0.4, -0.2) is 21.5 Å². The minimum absolute atomic E-state index is 0.0169. The number of carbonyl (C=O) groups excluding carboxylic acids is 1. The second-order valence-corrected chi connectivity index (χ2v) is 13.9. The summed E-state index contributed by atoms with van der Waals surface area (Å²) in [5, 5.41) is 0. The summed E-state index contributed by atoms with van der Waals surface area (Å²) in [4.78, 5) is 21.8. The van der Waals surface area contributed by atoms with Crippen molar-refractivity contribution < 1.29 is 9.53 Å². The predicted molar refractivity (Wildman–Crippen MR) is 128 cm³/mol. The van der Waals surface area contributed by atoms with E-state index in [9.17, 15) is 4.79 Å². The summed E-state index contributed by atoms with van der Waals surface area (Å²) in [5.74, 6) is 2.56. The van der Waals surface area contributed by atoms with E-state index in [1.54, 1.807) is 0 Å². The Hall–Kier alpha value is -1.45. The minimum atomic E-state index is -0.245. The summed E-state index contributed by atoms with van der Waals surface area (Å²) in [6, 6.07) is 0. The van der Waals surface area contributed by atoms with Gasteiger partial charge in [0.15, 0.2) is 0 Å². The highest BCUT2D eigenvalue weighted by Crippen LogP contribution is 2.75. The first-order valence-electron chi connectivity index (χ1n) is 13.5. The standard InChI is InChI=1S/C29H42N2O2/c1-25(2)21-10-13-28(5)22(26(21,3)17-20-24(25)31-16-15-30-20)8-7-18-19(9-12-27(18,28)4)29(6)14-11-23(32)33-29/h15-16,18-19,21-22H,7-14,17H2,1-6H3/t18-,19+,21+,22-,26+,27-,28-,29-/m1/s1. The van der Waals surface area contributed by atoms with Gasteiger partial charge in [0.25, 0.3) is 0 Å². The number of cyclic esters (lactones) is 1. The lowest BCUT2D eigenvalue weighted by Crippen LogP contribution is -2.64. The van der Waals surface area contributed by atoms with Crippen molar-refractivity contribution in [2.24, 2.45) is 39.9 Å². The average molecular weight is 451 g/mol. The maximum atomic E-state index is 12.1. The first-order chi connectivity index (χ1) is 15.5. The van der Waals surface area contributed by atoms with Crippen molar-refractivity contribution in [3.05, 3.63) is 23.8 Å². The molecule has 3 saturated carbocycles. The molecule has 0 unspecified atom stereocenters. The van der Waals surface area contributed by atoms with Crippen molar-refractivity contribution in [2.75, 3.05) is 0 Å². The first-order valence-corrected chi connectivity index (χ1v) is 13.5. The third-order valence-corrected chi connectivity index (χ3v) is 12.4. The fourth-order valence-electron chi connectivity index (χ4n) is 10.8. The molecule has 1 aromatic heterocycles. The van der Waals surface area contributed by atoms with Gasteiger partial charge in [-0.05, 0) is 92.3 Å². The third kappa shape index (κ3) is 2.62. The molecule has 180 valence electrons. The van der Waals surface area contributed by atoms with Crippen molar-refractivity contribution in [1.82, 2.24) is 9.97 Å². The van der Waals surface area contributed by atoms with Crippen molar-refractivity contribution in [3.8, 4) is 0 Å². The maximum absolute atomic E-state index is 12.1. The molecular formula is C29H42N2O2. The lowest BCUT2D eigenvalue weighted by atomic mass is 9.35. The zero-order chi connectivity index (χ0) is 23.4. The molecule has 0 bridgehead atoms. The topological polar surface area (TPSA) is 52.1 Å². The van der Waals surface area contributed by atoms with E-state index in [4.69, 9.17) is 14.7 Å². The highest BCUT2D eigenvalue weighted by molar-refractivity contribution is 5.72. The Labute approximate surface area is 199 Å². The summed E-state index contributed by atoms with van der Waals surface area (Å²) in [6.07, 6.45) is 14.0. The Bertz CT molecular complexity index is 1010. The van der Waals surface area contributed by atoms with Gasteiger partial charge in [-0.15, -0.1) is 0 Å². The van der Waals surface area contributed by atoms with Crippen LogP contribution in [0.15, 0.2) is 12.4 Å². The second kappa shape index (κ2) is 6.61. The van der Waals surface area contributed by atoms with Gasteiger partial charge in [-0.25, -0.2) is 0 Å². The van der Waals surface area contributed by atoms with Gasteiger partial charge >= 0.3 is 5.97 Å². The van der Waals surface area contributed by atoms with E-state index >= 15 is 0 Å². The number of esters is 1. The highest BCUT2D eigenvalue weighted by atomic mass is 16.6. The Morgan fingerprint density at radius 2 is 1.55 bits per heavy atom. The maximum Gasteiger partial charge on any atom is 0.306 e. The summed E-state index contributed by atoms with van der Waals surface area (Å²) < 4.78 is 6.01. The Kier molecular flexibility index (Phi) is 4.41. The largest absolute Gasteiger partial charge is 0.459 e. The highest BCUT2D eigenvalue weighted by Gasteiger charge is 2.70. The van der Waals surface area contributed by atoms with E-state index in [-0.39, 0.29) is 22.4 Å². The molecule has 8 atom stereocenters. The molecule has 4 nitrogen and oxygen atoms in total. The molecule has 4 aliphatic carbocycles. The van der Waals surface area contributed by atoms with E-state index in [2.05, 4.69) is 41.5 Å². The molecule has 1 saturated heterocycles. The minimum Gasteiger partial charge on any atom is -0.459 e. The van der Waals surface area contributed by atoms with Crippen molar-refractivity contribution in [3.63, 3.8) is 0 Å². The number of carbonyl (C=O) groups is 1. The van der Waals surface area contributed by atoms with E-state index < -0.39 is 0 Å². The molecule has 0 N–H and O–H groups in total. The number of ether oxygens (including phenoxy) is 1. The SMILES string of the molecule is CC1(C)c2nccnc2C[C@]2(C)[C@H]3CC[C@@H]4[C@@H]([C@@]5(C)CCC(=O)O5)CC[C@@]4(C)[C@]3(C)CC[C@@H]12. The van der Waals surface area contributed by atoms with E-state index in [1.807, 2.05) is 12.4 Å². The molecule has 33 heavy (non-hydrogen) atoms. The molecule has 4 fully saturated rings. The van der Waals surface area contributed by atoms with Crippen LogP contribution in [0.4, 0.5) is 0 Å². The summed E-state index contributed by atoms with van der Waals surface area (Å²) >= 11 is 0. The molecule has 5 aliphatic rings. The van der Waals surface area contributed by atoms with Gasteiger partial charge in [0, 0.05) is 30.1 Å². The number of hydrogen-bond donors (Lipinski definition) is 0. The second-order valence-electron chi connectivity index (χ2n) is 13.9. The molecular weight excluding hydrogens is 408 g/mol. The summed E-state index contributed by atoms with van der Waals surface area (Å²) in [7, 11) is 0. The molecule has 2 heterocycles. The molecule has 6 rings (SSSR count). The molecule has 0 spiro atoms. The van der Waals surface area contributed by atoms with E-state index in [1.165, 1.54) is 49.9 Å². The number of hydrogen-bond acceptors (Lipinski definition) is 4. The van der Waals surface area contributed by atoms with Gasteiger partial charge in [0.05, 0.1) is 11.4 Å². The first kappa shape index (κ1) is 22.0. The zero-order valence-electron chi connectivity index (χ0n) is 21.5. The fraction of sp³-hybridized carbons (Fsp3) is 0.828. The summed E-state index contributed by atoms with van der Waals surface area (Å²) in [6.45, 7) is 15.0. The lowest BCUT2D eigenvalue weighted by molar-refractivity contribution is -0.193. The zero-order valence-corrected chi connectivity index (χ0v) is 21.5. The van der Waals surface area contributed by atoms with Gasteiger partial charge in [0.2, 0.25) is 0 Å². The third-order valence-electron chi connectivity index (χ3n) is 12.4. The fourth-order valence-corrected chi connectivity index (χ4v) is 10.8. The van der Waals surface area contributed by atoms with Crippen LogP contribution in [0, 0.1) is 39.9 Å². The van der Waals surface area contributed by atoms with Crippen molar-refractivity contribution in [1.29, 1.82) is 0 Å². The van der Waals surface area contributed by atoms with Gasteiger partial charge in [-0.3, -0.25) is 14.8 Å². The monoisotopic (exact) mass is 450 g/mol. The molecule has 0 radical (unpaired) electrons. The average Bonchev–Trinajstić information content (AvgIpc) is 3.28. The quantitative estimate of drug-likeness (QED) is 0.473. The van der Waals surface area contributed by atoms with Gasteiger partial charge in [0.1, 0.15) is 5.60 Å². The van der Waals surface area contributed by atoms with E-state index in [0.717, 1.165) is 12.8 Å². The van der Waals surface area contributed by atoms with Gasteiger partial charge < -0.3 is 4.74 Å². The van der Waals surface area contributed by atoms with Crippen LogP contribution in [0.2, 0.25) is 0 Å². The van der Waals surface area contributed by atoms with Crippen LogP contribution in [0.1, 0.15) is 104 Å². The van der Waals surface area contributed by atoms with Crippen LogP contribution in [0.25, 0.3) is 0 Å². The normalized spacial score (nSPS) is 50.1. The number of nitrogens with zero attached hydrogens (tertiary/aromatic N) is 2.